The van der Waals surface area contributed by atoms with E-state index in [2.05, 4.69) is 10.6 Å². The first-order chi connectivity index (χ1) is 6.15. The van der Waals surface area contributed by atoms with Crippen LogP contribution in [0.15, 0.2) is 18.2 Å². The first-order valence-corrected chi connectivity index (χ1v) is 4.38. The van der Waals surface area contributed by atoms with E-state index in [1.54, 1.807) is 13.1 Å². The van der Waals surface area contributed by atoms with Gasteiger partial charge in [0.1, 0.15) is 5.82 Å². The third-order valence-electron chi connectivity index (χ3n) is 1.71. The summed E-state index contributed by atoms with van der Waals surface area (Å²) < 4.78 is 13.2. The molecule has 0 amide bonds. The first-order valence-electron chi connectivity index (χ1n) is 4.38. The molecular weight excluding hydrogens is 167 g/mol. The molecule has 1 rings (SSSR count). The minimum absolute atomic E-state index is 0.229. The summed E-state index contributed by atoms with van der Waals surface area (Å²) in [5.74, 6) is -0.229. The Labute approximate surface area is 78.2 Å². The van der Waals surface area contributed by atoms with E-state index in [-0.39, 0.29) is 5.82 Å². The molecule has 72 valence electrons. The van der Waals surface area contributed by atoms with Crippen molar-refractivity contribution in [3.8, 4) is 0 Å². The van der Waals surface area contributed by atoms with Gasteiger partial charge in [-0.1, -0.05) is 6.07 Å². The van der Waals surface area contributed by atoms with Gasteiger partial charge in [0.2, 0.25) is 0 Å². The van der Waals surface area contributed by atoms with Crippen molar-refractivity contribution >= 4 is 11.4 Å². The van der Waals surface area contributed by atoms with Gasteiger partial charge in [0.15, 0.2) is 0 Å². The van der Waals surface area contributed by atoms with E-state index in [1.165, 1.54) is 6.07 Å². The summed E-state index contributed by atoms with van der Waals surface area (Å²) in [6, 6.07) is 5.29. The number of benzene rings is 1. The van der Waals surface area contributed by atoms with Crippen LogP contribution in [-0.2, 0) is 0 Å². The van der Waals surface area contributed by atoms with Crippen LogP contribution in [-0.4, -0.2) is 13.1 Å². The zero-order chi connectivity index (χ0) is 9.84. The predicted octanol–water partition coefficient (Wildman–Crippen LogP) is 2.69. The molecule has 0 spiro atoms. The molecule has 0 atom stereocenters. The third-order valence-corrected chi connectivity index (χ3v) is 1.71. The SMILES string of the molecule is CNc1c(F)cccc1NC(C)C. The van der Waals surface area contributed by atoms with E-state index in [0.29, 0.717) is 11.7 Å². The molecule has 0 aliphatic heterocycles. The van der Waals surface area contributed by atoms with Crippen molar-refractivity contribution < 1.29 is 4.39 Å². The number of hydrogen-bond donors (Lipinski definition) is 2. The minimum Gasteiger partial charge on any atom is -0.384 e. The van der Waals surface area contributed by atoms with Gasteiger partial charge >= 0.3 is 0 Å². The van der Waals surface area contributed by atoms with Crippen molar-refractivity contribution in [3.63, 3.8) is 0 Å². The Balaban J connectivity index is 2.98. The summed E-state index contributed by atoms with van der Waals surface area (Å²) in [5, 5.41) is 5.99. The van der Waals surface area contributed by atoms with Gasteiger partial charge in [-0.15, -0.1) is 0 Å². The molecule has 0 aliphatic rings. The summed E-state index contributed by atoms with van der Waals surface area (Å²) in [4.78, 5) is 0. The molecule has 1 aromatic carbocycles. The van der Waals surface area contributed by atoms with E-state index in [4.69, 9.17) is 0 Å². The molecule has 2 nitrogen and oxygen atoms in total. The zero-order valence-electron chi connectivity index (χ0n) is 8.19. The highest BCUT2D eigenvalue weighted by Gasteiger charge is 2.06. The van der Waals surface area contributed by atoms with Crippen molar-refractivity contribution in [1.29, 1.82) is 0 Å². The average molecular weight is 182 g/mol. The fourth-order valence-electron chi connectivity index (χ4n) is 1.21. The molecule has 0 bridgehead atoms. The van der Waals surface area contributed by atoms with Crippen molar-refractivity contribution in [2.45, 2.75) is 19.9 Å². The molecule has 0 aromatic heterocycles. The lowest BCUT2D eigenvalue weighted by atomic mass is 10.2. The van der Waals surface area contributed by atoms with Crippen LogP contribution in [0, 0.1) is 5.82 Å². The highest BCUT2D eigenvalue weighted by Crippen LogP contribution is 2.24. The summed E-state index contributed by atoms with van der Waals surface area (Å²) in [6.45, 7) is 4.04. The van der Waals surface area contributed by atoms with E-state index in [9.17, 15) is 4.39 Å². The standard InChI is InChI=1S/C10H15FN2/c1-7(2)13-9-6-4-5-8(11)10(9)12-3/h4-7,12-13H,1-3H3. The lowest BCUT2D eigenvalue weighted by Crippen LogP contribution is -2.11. The van der Waals surface area contributed by atoms with E-state index in [0.717, 1.165) is 5.69 Å². The Bertz CT molecular complexity index is 284. The number of halogens is 1. The molecule has 1 aromatic rings. The van der Waals surface area contributed by atoms with Crippen LogP contribution in [0.4, 0.5) is 15.8 Å². The normalized spacial score (nSPS) is 10.2. The number of rotatable bonds is 3. The number of para-hydroxylation sites is 1. The lowest BCUT2D eigenvalue weighted by Gasteiger charge is -2.14. The average Bonchev–Trinajstić information content (AvgIpc) is 2.03. The summed E-state index contributed by atoms with van der Waals surface area (Å²) in [6.07, 6.45) is 0. The molecule has 0 unspecified atom stereocenters. The summed E-state index contributed by atoms with van der Waals surface area (Å²) in [5.41, 5.74) is 1.33. The Morgan fingerprint density at radius 2 is 2.00 bits per heavy atom. The van der Waals surface area contributed by atoms with Crippen LogP contribution >= 0.6 is 0 Å². The van der Waals surface area contributed by atoms with Crippen molar-refractivity contribution in [1.82, 2.24) is 0 Å². The molecule has 0 radical (unpaired) electrons. The second-order valence-corrected chi connectivity index (χ2v) is 3.21. The molecule has 3 heteroatoms. The van der Waals surface area contributed by atoms with Gasteiger partial charge in [-0.3, -0.25) is 0 Å². The van der Waals surface area contributed by atoms with Crippen molar-refractivity contribution in [2.24, 2.45) is 0 Å². The minimum atomic E-state index is -0.229. The van der Waals surface area contributed by atoms with Crippen LogP contribution in [0.3, 0.4) is 0 Å². The van der Waals surface area contributed by atoms with E-state index >= 15 is 0 Å². The fraction of sp³-hybridized carbons (Fsp3) is 0.400. The maximum Gasteiger partial charge on any atom is 0.148 e. The second kappa shape index (κ2) is 4.12. The van der Waals surface area contributed by atoms with Crippen LogP contribution in [0.2, 0.25) is 0 Å². The molecule has 0 saturated heterocycles. The van der Waals surface area contributed by atoms with Gasteiger partial charge in [-0.2, -0.15) is 0 Å². The topological polar surface area (TPSA) is 24.1 Å². The molecule has 0 heterocycles. The van der Waals surface area contributed by atoms with Crippen LogP contribution in [0.5, 0.6) is 0 Å². The number of anilines is 2. The Kier molecular flexibility index (Phi) is 3.12. The van der Waals surface area contributed by atoms with Crippen molar-refractivity contribution in [3.05, 3.63) is 24.0 Å². The van der Waals surface area contributed by atoms with Gasteiger partial charge in [0.25, 0.3) is 0 Å². The quantitative estimate of drug-likeness (QED) is 0.751. The lowest BCUT2D eigenvalue weighted by molar-refractivity contribution is 0.631. The van der Waals surface area contributed by atoms with Crippen LogP contribution in [0.1, 0.15) is 13.8 Å². The Morgan fingerprint density at radius 3 is 2.54 bits per heavy atom. The number of nitrogens with one attached hydrogen (secondary N) is 2. The first kappa shape index (κ1) is 9.84. The van der Waals surface area contributed by atoms with Gasteiger partial charge in [0, 0.05) is 13.1 Å². The van der Waals surface area contributed by atoms with Gasteiger partial charge < -0.3 is 10.6 Å². The monoisotopic (exact) mass is 182 g/mol. The number of hydrogen-bond acceptors (Lipinski definition) is 2. The predicted molar refractivity (Wildman–Crippen MR) is 54.7 cm³/mol. The van der Waals surface area contributed by atoms with E-state index in [1.807, 2.05) is 19.9 Å². The molecular formula is C10H15FN2. The van der Waals surface area contributed by atoms with Gasteiger partial charge in [-0.25, -0.2) is 4.39 Å². The summed E-state index contributed by atoms with van der Waals surface area (Å²) >= 11 is 0. The van der Waals surface area contributed by atoms with Crippen molar-refractivity contribution in [2.75, 3.05) is 17.7 Å². The molecule has 2 N–H and O–H groups in total. The molecule has 0 fully saturated rings. The molecule has 13 heavy (non-hydrogen) atoms. The molecule has 0 aliphatic carbocycles. The Morgan fingerprint density at radius 1 is 1.31 bits per heavy atom. The Hall–Kier alpha value is -1.25. The smallest absolute Gasteiger partial charge is 0.148 e. The fourth-order valence-corrected chi connectivity index (χ4v) is 1.21. The molecule has 0 saturated carbocycles. The second-order valence-electron chi connectivity index (χ2n) is 3.21. The van der Waals surface area contributed by atoms with E-state index < -0.39 is 0 Å². The largest absolute Gasteiger partial charge is 0.384 e. The zero-order valence-corrected chi connectivity index (χ0v) is 8.19. The van der Waals surface area contributed by atoms with Crippen LogP contribution < -0.4 is 10.6 Å². The maximum atomic E-state index is 13.2. The highest BCUT2D eigenvalue weighted by molar-refractivity contribution is 5.69. The summed E-state index contributed by atoms with van der Waals surface area (Å²) in [7, 11) is 1.71. The highest BCUT2D eigenvalue weighted by atomic mass is 19.1. The van der Waals surface area contributed by atoms with Gasteiger partial charge in [-0.05, 0) is 26.0 Å². The van der Waals surface area contributed by atoms with Crippen LogP contribution in [0.25, 0.3) is 0 Å². The third kappa shape index (κ3) is 2.34. The van der Waals surface area contributed by atoms with Gasteiger partial charge in [0.05, 0.1) is 11.4 Å². The maximum absolute atomic E-state index is 13.2.